The third-order valence-corrected chi connectivity index (χ3v) is 2.87. The summed E-state index contributed by atoms with van der Waals surface area (Å²) < 4.78 is 0. The van der Waals surface area contributed by atoms with E-state index < -0.39 is 4.92 Å². The minimum absolute atomic E-state index is 0.00224. The number of rotatable bonds is 4. The van der Waals surface area contributed by atoms with Gasteiger partial charge in [-0.2, -0.15) is 0 Å². The van der Waals surface area contributed by atoms with Crippen LogP contribution in [0.3, 0.4) is 0 Å². The van der Waals surface area contributed by atoms with E-state index in [1.807, 2.05) is 0 Å². The number of fused-ring (bicyclic) bond motifs is 1. The van der Waals surface area contributed by atoms with Crippen LogP contribution in [-0.2, 0) is 4.79 Å². The Morgan fingerprint density at radius 3 is 2.80 bits per heavy atom. The summed E-state index contributed by atoms with van der Waals surface area (Å²) in [6.07, 6.45) is 1.56. The Bertz CT molecular complexity index is 670. The summed E-state index contributed by atoms with van der Waals surface area (Å²) >= 11 is 0. The maximum atomic E-state index is 11.6. The second-order valence-electron chi connectivity index (χ2n) is 4.43. The summed E-state index contributed by atoms with van der Waals surface area (Å²) in [5.74, 6) is -0.0903. The van der Waals surface area contributed by atoms with Crippen molar-refractivity contribution < 1.29 is 9.72 Å². The molecule has 1 heterocycles. The summed E-state index contributed by atoms with van der Waals surface area (Å²) in [7, 11) is 3.33. The lowest BCUT2D eigenvalue weighted by molar-refractivity contribution is -0.383. The Balaban J connectivity index is 2.38. The zero-order valence-electron chi connectivity index (χ0n) is 11.2. The van der Waals surface area contributed by atoms with Gasteiger partial charge in [-0.1, -0.05) is 0 Å². The number of anilines is 1. The number of hydrogen-bond acceptors (Lipinski definition) is 5. The molecule has 0 atom stereocenters. The van der Waals surface area contributed by atoms with Crippen molar-refractivity contribution in [1.82, 2.24) is 9.88 Å². The lowest BCUT2D eigenvalue weighted by Crippen LogP contribution is -2.28. The second kappa shape index (κ2) is 5.52. The number of nitrogens with zero attached hydrogens (tertiary/aromatic N) is 3. The topological polar surface area (TPSA) is 88.4 Å². The van der Waals surface area contributed by atoms with E-state index in [1.165, 1.54) is 11.0 Å². The molecule has 0 saturated heterocycles. The molecule has 1 amide bonds. The molecule has 0 bridgehead atoms. The number of nitrogens with one attached hydrogen (secondary N) is 1. The van der Waals surface area contributed by atoms with E-state index in [4.69, 9.17) is 0 Å². The number of carbonyl (C=O) groups is 1. The number of non-ortho nitro benzene ring substituents is 1. The van der Waals surface area contributed by atoms with E-state index in [-0.39, 0.29) is 18.1 Å². The van der Waals surface area contributed by atoms with Crippen LogP contribution in [0, 0.1) is 10.1 Å². The number of nitro groups is 1. The van der Waals surface area contributed by atoms with Gasteiger partial charge in [-0.05, 0) is 18.2 Å². The number of nitro benzene ring substituents is 1. The minimum Gasteiger partial charge on any atom is -0.374 e. The van der Waals surface area contributed by atoms with Crippen molar-refractivity contribution in [1.29, 1.82) is 0 Å². The first-order valence-corrected chi connectivity index (χ1v) is 5.97. The number of amides is 1. The van der Waals surface area contributed by atoms with Crippen LogP contribution in [0.1, 0.15) is 0 Å². The van der Waals surface area contributed by atoms with Gasteiger partial charge in [0.05, 0.1) is 22.5 Å². The Morgan fingerprint density at radius 2 is 2.15 bits per heavy atom. The van der Waals surface area contributed by atoms with Crippen molar-refractivity contribution in [3.63, 3.8) is 0 Å². The first kappa shape index (κ1) is 13.7. The molecule has 7 heteroatoms. The molecule has 1 N–H and O–H groups in total. The van der Waals surface area contributed by atoms with Gasteiger partial charge in [0.2, 0.25) is 5.91 Å². The van der Waals surface area contributed by atoms with Crippen molar-refractivity contribution in [2.75, 3.05) is 26.0 Å². The van der Waals surface area contributed by atoms with Gasteiger partial charge in [-0.25, -0.2) is 0 Å². The van der Waals surface area contributed by atoms with Gasteiger partial charge >= 0.3 is 0 Å². The van der Waals surface area contributed by atoms with Gasteiger partial charge in [0.15, 0.2) is 0 Å². The molecule has 1 aromatic heterocycles. The predicted molar refractivity (Wildman–Crippen MR) is 75.6 cm³/mol. The maximum Gasteiger partial charge on any atom is 0.278 e. The van der Waals surface area contributed by atoms with Crippen LogP contribution < -0.4 is 5.32 Å². The molecule has 2 aromatic rings. The molecule has 0 spiro atoms. The predicted octanol–water partition coefficient (Wildman–Crippen LogP) is 1.64. The van der Waals surface area contributed by atoms with Gasteiger partial charge in [-0.15, -0.1) is 0 Å². The molecule has 0 fully saturated rings. The number of likely N-dealkylation sites (N-methyl/N-ethyl adjacent to an activating group) is 1. The number of hydrogen-bond donors (Lipinski definition) is 1. The zero-order valence-corrected chi connectivity index (χ0v) is 11.2. The monoisotopic (exact) mass is 274 g/mol. The second-order valence-corrected chi connectivity index (χ2v) is 4.43. The molecule has 0 aliphatic carbocycles. The fourth-order valence-electron chi connectivity index (χ4n) is 1.79. The minimum atomic E-state index is -0.446. The molecular formula is C13H14N4O3. The van der Waals surface area contributed by atoms with E-state index in [9.17, 15) is 14.9 Å². The van der Waals surface area contributed by atoms with E-state index in [0.717, 1.165) is 0 Å². The molecular weight excluding hydrogens is 260 g/mol. The van der Waals surface area contributed by atoms with Gasteiger partial charge in [-0.3, -0.25) is 19.9 Å². The summed E-state index contributed by atoms with van der Waals surface area (Å²) in [5, 5.41) is 14.4. The quantitative estimate of drug-likeness (QED) is 0.676. The summed E-state index contributed by atoms with van der Waals surface area (Å²) in [5.41, 5.74) is 1.08. The summed E-state index contributed by atoms with van der Waals surface area (Å²) in [6, 6.07) is 6.26. The number of aromatic nitrogens is 1. The fourth-order valence-corrected chi connectivity index (χ4v) is 1.79. The normalized spacial score (nSPS) is 10.3. The Labute approximate surface area is 115 Å². The zero-order chi connectivity index (χ0) is 14.7. The number of pyridine rings is 1. The molecule has 0 saturated carbocycles. The molecule has 0 aliphatic heterocycles. The highest BCUT2D eigenvalue weighted by molar-refractivity contribution is 5.97. The molecule has 2 rings (SSSR count). The van der Waals surface area contributed by atoms with Crippen LogP contribution in [-0.4, -0.2) is 41.4 Å². The van der Waals surface area contributed by atoms with Gasteiger partial charge in [0, 0.05) is 26.4 Å². The van der Waals surface area contributed by atoms with Gasteiger partial charge in [0.25, 0.3) is 5.69 Å². The summed E-state index contributed by atoms with van der Waals surface area (Å²) in [4.78, 5) is 27.7. The number of carbonyl (C=O) groups excluding carboxylic acids is 1. The molecule has 7 nitrogen and oxygen atoms in total. The van der Waals surface area contributed by atoms with Crippen LogP contribution in [0.5, 0.6) is 0 Å². The van der Waals surface area contributed by atoms with Crippen molar-refractivity contribution in [3.05, 3.63) is 40.6 Å². The SMILES string of the molecule is CN(C)C(=O)CNc1ccc([N+](=O)[O-])c2cccnc12. The smallest absolute Gasteiger partial charge is 0.278 e. The maximum absolute atomic E-state index is 11.6. The van der Waals surface area contributed by atoms with Crippen LogP contribution >= 0.6 is 0 Å². The average Bonchev–Trinajstić information content (AvgIpc) is 2.43. The molecule has 0 aliphatic rings. The first-order chi connectivity index (χ1) is 9.50. The lowest BCUT2D eigenvalue weighted by Gasteiger charge is -2.12. The lowest BCUT2D eigenvalue weighted by atomic mass is 10.1. The highest BCUT2D eigenvalue weighted by Gasteiger charge is 2.15. The molecule has 104 valence electrons. The van der Waals surface area contributed by atoms with Crippen LogP contribution in [0.25, 0.3) is 10.9 Å². The fraction of sp³-hybridized carbons (Fsp3) is 0.231. The standard InChI is InChI=1S/C13H14N4O3/c1-16(2)12(18)8-15-10-5-6-11(17(19)20)9-4-3-7-14-13(9)10/h3-7,15H,8H2,1-2H3. The van der Waals surface area contributed by atoms with Crippen molar-refractivity contribution >= 4 is 28.2 Å². The van der Waals surface area contributed by atoms with E-state index >= 15 is 0 Å². The first-order valence-electron chi connectivity index (χ1n) is 5.97. The molecule has 0 radical (unpaired) electrons. The molecule has 20 heavy (non-hydrogen) atoms. The van der Waals surface area contributed by atoms with E-state index in [1.54, 1.807) is 38.5 Å². The van der Waals surface area contributed by atoms with E-state index in [2.05, 4.69) is 10.3 Å². The number of benzene rings is 1. The average molecular weight is 274 g/mol. The van der Waals surface area contributed by atoms with Gasteiger partial charge in [0.1, 0.15) is 5.52 Å². The molecule has 0 unspecified atom stereocenters. The Morgan fingerprint density at radius 1 is 1.40 bits per heavy atom. The third kappa shape index (κ3) is 2.66. The van der Waals surface area contributed by atoms with Crippen molar-refractivity contribution in [3.8, 4) is 0 Å². The molecule has 1 aromatic carbocycles. The largest absolute Gasteiger partial charge is 0.374 e. The van der Waals surface area contributed by atoms with Crippen LogP contribution in [0.4, 0.5) is 11.4 Å². The highest BCUT2D eigenvalue weighted by Crippen LogP contribution is 2.29. The van der Waals surface area contributed by atoms with Crippen molar-refractivity contribution in [2.24, 2.45) is 0 Å². The highest BCUT2D eigenvalue weighted by atomic mass is 16.6. The van der Waals surface area contributed by atoms with Crippen LogP contribution in [0.2, 0.25) is 0 Å². The van der Waals surface area contributed by atoms with Crippen molar-refractivity contribution in [2.45, 2.75) is 0 Å². The van der Waals surface area contributed by atoms with E-state index in [0.29, 0.717) is 16.6 Å². The summed E-state index contributed by atoms with van der Waals surface area (Å²) in [6.45, 7) is 0.108. The third-order valence-electron chi connectivity index (χ3n) is 2.87. The van der Waals surface area contributed by atoms with Crippen LogP contribution in [0.15, 0.2) is 30.5 Å². The Kier molecular flexibility index (Phi) is 3.79. The van der Waals surface area contributed by atoms with Gasteiger partial charge < -0.3 is 10.2 Å². The Hall–Kier alpha value is -2.70.